The Morgan fingerprint density at radius 2 is 2.11 bits per heavy atom. The van der Waals surface area contributed by atoms with Crippen LogP contribution in [0.4, 0.5) is 5.00 Å². The summed E-state index contributed by atoms with van der Waals surface area (Å²) >= 11 is 3.47. The molecule has 4 rings (SSSR count). The lowest BCUT2D eigenvalue weighted by molar-refractivity contribution is 0.0996. The van der Waals surface area contributed by atoms with E-state index in [0.717, 1.165) is 24.5 Å². The van der Waals surface area contributed by atoms with Gasteiger partial charge in [0.05, 0.1) is 12.3 Å². The molecular formula is C21H24N2O2S2. The SMILES string of the molecule is CCc1cc([C@H](c2cccs2)N2CCCCC2)c(NC(=O)c2ccco2)s1. The van der Waals surface area contributed by atoms with Gasteiger partial charge in [-0.1, -0.05) is 19.4 Å². The summed E-state index contributed by atoms with van der Waals surface area (Å²) in [5.41, 5.74) is 1.21. The zero-order chi connectivity index (χ0) is 18.6. The highest BCUT2D eigenvalue weighted by atomic mass is 32.1. The molecule has 0 aromatic carbocycles. The standard InChI is InChI=1S/C21H24N2O2S2/c1-2-15-14-16(21(27-15)22-20(24)17-8-6-12-25-17)19(18-9-7-13-26-18)23-10-4-3-5-11-23/h6-9,12-14,19H,2-5,10-11H2,1H3,(H,22,24)/t19-/m1/s1. The maximum Gasteiger partial charge on any atom is 0.291 e. The lowest BCUT2D eigenvalue weighted by Crippen LogP contribution is -2.34. The van der Waals surface area contributed by atoms with Crippen LogP contribution in [-0.4, -0.2) is 23.9 Å². The largest absolute Gasteiger partial charge is 0.459 e. The van der Waals surface area contributed by atoms with Crippen LogP contribution in [0.1, 0.15) is 58.1 Å². The Morgan fingerprint density at radius 1 is 1.26 bits per heavy atom. The molecule has 4 heterocycles. The molecule has 142 valence electrons. The molecule has 1 N–H and O–H groups in total. The van der Waals surface area contributed by atoms with Crippen molar-refractivity contribution in [3.8, 4) is 0 Å². The van der Waals surface area contributed by atoms with Gasteiger partial charge in [-0.05, 0) is 62.0 Å². The topological polar surface area (TPSA) is 45.5 Å². The lowest BCUT2D eigenvalue weighted by atomic mass is 10.0. The number of piperidine rings is 1. The minimum atomic E-state index is -0.186. The van der Waals surface area contributed by atoms with Crippen molar-refractivity contribution >= 4 is 33.6 Å². The van der Waals surface area contributed by atoms with E-state index in [0.29, 0.717) is 5.76 Å². The zero-order valence-electron chi connectivity index (χ0n) is 15.4. The molecule has 0 spiro atoms. The summed E-state index contributed by atoms with van der Waals surface area (Å²) in [6.45, 7) is 4.37. The minimum Gasteiger partial charge on any atom is -0.459 e. The number of thiophene rings is 2. The van der Waals surface area contributed by atoms with Gasteiger partial charge in [-0.25, -0.2) is 0 Å². The lowest BCUT2D eigenvalue weighted by Gasteiger charge is -2.34. The summed E-state index contributed by atoms with van der Waals surface area (Å²) < 4.78 is 5.27. The van der Waals surface area contributed by atoms with Crippen LogP contribution in [0, 0.1) is 0 Å². The number of furan rings is 1. The van der Waals surface area contributed by atoms with Gasteiger partial charge < -0.3 is 9.73 Å². The molecule has 0 aliphatic carbocycles. The molecule has 1 aliphatic rings. The molecule has 0 unspecified atom stereocenters. The fraction of sp³-hybridized carbons (Fsp3) is 0.381. The number of carbonyl (C=O) groups excluding carboxylic acids is 1. The Balaban J connectivity index is 1.70. The predicted molar refractivity (Wildman–Crippen MR) is 112 cm³/mol. The smallest absolute Gasteiger partial charge is 0.291 e. The molecule has 6 heteroatoms. The van der Waals surface area contributed by atoms with Gasteiger partial charge in [0.1, 0.15) is 5.00 Å². The van der Waals surface area contributed by atoms with E-state index in [-0.39, 0.29) is 11.9 Å². The van der Waals surface area contributed by atoms with Crippen LogP contribution in [0.25, 0.3) is 0 Å². The number of likely N-dealkylation sites (tertiary alicyclic amines) is 1. The first-order valence-corrected chi connectivity index (χ1v) is 11.2. The third-order valence-corrected chi connectivity index (χ3v) is 7.13. The normalized spacial score (nSPS) is 16.3. The van der Waals surface area contributed by atoms with Crippen LogP contribution in [-0.2, 0) is 6.42 Å². The molecule has 1 fully saturated rings. The molecule has 1 aliphatic heterocycles. The predicted octanol–water partition coefficient (Wildman–Crippen LogP) is 5.79. The molecule has 3 aromatic rings. The van der Waals surface area contributed by atoms with E-state index >= 15 is 0 Å². The third kappa shape index (κ3) is 4.03. The fourth-order valence-electron chi connectivity index (χ4n) is 3.66. The molecule has 3 aromatic heterocycles. The zero-order valence-corrected chi connectivity index (χ0v) is 17.1. The molecule has 0 radical (unpaired) electrons. The first-order valence-electron chi connectivity index (χ1n) is 9.51. The fourth-order valence-corrected chi connectivity index (χ4v) is 5.56. The second-order valence-corrected chi connectivity index (χ2v) is 8.91. The Labute approximate surface area is 167 Å². The highest BCUT2D eigenvalue weighted by molar-refractivity contribution is 7.16. The van der Waals surface area contributed by atoms with Gasteiger partial charge in [-0.2, -0.15) is 0 Å². The number of nitrogens with one attached hydrogen (secondary N) is 1. The summed E-state index contributed by atoms with van der Waals surface area (Å²) in [5, 5.41) is 6.19. The van der Waals surface area contributed by atoms with Crippen molar-refractivity contribution in [1.29, 1.82) is 0 Å². The van der Waals surface area contributed by atoms with Gasteiger partial charge in [0.25, 0.3) is 5.91 Å². The second-order valence-electron chi connectivity index (χ2n) is 6.80. The van der Waals surface area contributed by atoms with Crippen molar-refractivity contribution in [3.05, 3.63) is 63.1 Å². The summed E-state index contributed by atoms with van der Waals surface area (Å²) in [6.07, 6.45) is 6.27. The van der Waals surface area contributed by atoms with Gasteiger partial charge >= 0.3 is 0 Å². The molecule has 1 amide bonds. The third-order valence-electron chi connectivity index (χ3n) is 5.00. The Kier molecular flexibility index (Phi) is 5.76. The molecular weight excluding hydrogens is 376 g/mol. The maximum absolute atomic E-state index is 12.6. The van der Waals surface area contributed by atoms with E-state index in [2.05, 4.69) is 40.7 Å². The molecule has 1 saturated heterocycles. The van der Waals surface area contributed by atoms with E-state index in [1.165, 1.54) is 40.8 Å². The van der Waals surface area contributed by atoms with E-state index in [1.807, 2.05) is 0 Å². The number of aryl methyl sites for hydroxylation is 1. The molecule has 4 nitrogen and oxygen atoms in total. The Hall–Kier alpha value is -1.89. The average molecular weight is 401 g/mol. The Bertz CT molecular complexity index is 862. The van der Waals surface area contributed by atoms with Crippen molar-refractivity contribution in [2.75, 3.05) is 18.4 Å². The van der Waals surface area contributed by atoms with Gasteiger partial charge in [0.2, 0.25) is 0 Å². The summed E-state index contributed by atoms with van der Waals surface area (Å²) in [6, 6.07) is 10.3. The van der Waals surface area contributed by atoms with Crippen molar-refractivity contribution in [3.63, 3.8) is 0 Å². The number of nitrogens with zero attached hydrogens (tertiary/aromatic N) is 1. The quantitative estimate of drug-likeness (QED) is 0.569. The highest BCUT2D eigenvalue weighted by Gasteiger charge is 2.29. The van der Waals surface area contributed by atoms with E-state index in [4.69, 9.17) is 4.42 Å². The highest BCUT2D eigenvalue weighted by Crippen LogP contribution is 2.41. The molecule has 0 saturated carbocycles. The average Bonchev–Trinajstić information content (AvgIpc) is 3.46. The number of anilines is 1. The number of rotatable bonds is 6. The maximum atomic E-state index is 12.6. The van der Waals surface area contributed by atoms with Gasteiger partial charge in [-0.3, -0.25) is 9.69 Å². The first-order chi connectivity index (χ1) is 13.3. The van der Waals surface area contributed by atoms with Crippen molar-refractivity contribution in [2.45, 2.75) is 38.6 Å². The summed E-state index contributed by atoms with van der Waals surface area (Å²) in [4.78, 5) is 17.8. The van der Waals surface area contributed by atoms with Gasteiger partial charge in [0.15, 0.2) is 5.76 Å². The minimum absolute atomic E-state index is 0.186. The summed E-state index contributed by atoms with van der Waals surface area (Å²) in [7, 11) is 0. The number of carbonyl (C=O) groups is 1. The van der Waals surface area contributed by atoms with Crippen LogP contribution in [0.2, 0.25) is 0 Å². The van der Waals surface area contributed by atoms with Gasteiger partial charge in [-0.15, -0.1) is 22.7 Å². The number of amides is 1. The molecule has 0 bridgehead atoms. The molecule has 1 atom stereocenters. The van der Waals surface area contributed by atoms with E-state index in [9.17, 15) is 4.79 Å². The monoisotopic (exact) mass is 400 g/mol. The van der Waals surface area contributed by atoms with E-state index < -0.39 is 0 Å². The van der Waals surface area contributed by atoms with Crippen LogP contribution in [0.5, 0.6) is 0 Å². The second kappa shape index (κ2) is 8.42. The van der Waals surface area contributed by atoms with Crippen LogP contribution in [0.3, 0.4) is 0 Å². The van der Waals surface area contributed by atoms with Crippen molar-refractivity contribution in [2.24, 2.45) is 0 Å². The van der Waals surface area contributed by atoms with Crippen LogP contribution >= 0.6 is 22.7 Å². The van der Waals surface area contributed by atoms with E-state index in [1.54, 1.807) is 34.8 Å². The Morgan fingerprint density at radius 3 is 2.78 bits per heavy atom. The van der Waals surface area contributed by atoms with Crippen LogP contribution in [0.15, 0.2) is 46.4 Å². The molecule has 27 heavy (non-hydrogen) atoms. The van der Waals surface area contributed by atoms with Crippen molar-refractivity contribution < 1.29 is 9.21 Å². The van der Waals surface area contributed by atoms with Gasteiger partial charge in [0, 0.05) is 15.3 Å². The van der Waals surface area contributed by atoms with Crippen LogP contribution < -0.4 is 5.32 Å². The van der Waals surface area contributed by atoms with Crippen molar-refractivity contribution in [1.82, 2.24) is 4.90 Å². The first kappa shape index (κ1) is 18.5. The number of hydrogen-bond acceptors (Lipinski definition) is 5. The number of hydrogen-bond donors (Lipinski definition) is 1. The summed E-state index contributed by atoms with van der Waals surface area (Å²) in [5.74, 6) is 0.160.